The molecule has 0 saturated carbocycles. The fourth-order valence-corrected chi connectivity index (χ4v) is 4.62. The molecule has 0 unspecified atom stereocenters. The van der Waals surface area contributed by atoms with Gasteiger partial charge in [-0.2, -0.15) is 0 Å². The molecule has 0 saturated heterocycles. The van der Waals surface area contributed by atoms with Crippen molar-refractivity contribution in [3.63, 3.8) is 0 Å². The van der Waals surface area contributed by atoms with Gasteiger partial charge in [-0.25, -0.2) is 9.18 Å². The minimum Gasteiger partial charge on any atom is -0.465 e. The molecule has 200 valence electrons. The minimum atomic E-state index is -2.02. The van der Waals surface area contributed by atoms with Crippen molar-refractivity contribution in [2.45, 2.75) is 11.3 Å². The van der Waals surface area contributed by atoms with Crippen LogP contribution >= 0.6 is 34.8 Å². The van der Waals surface area contributed by atoms with E-state index >= 15 is 0 Å². The molecule has 3 aromatic carbocycles. The second-order valence-corrected chi connectivity index (χ2v) is 10.3. The number of alkyl halides is 2. The highest BCUT2D eigenvalue weighted by atomic mass is 35.5. The van der Waals surface area contributed by atoms with Gasteiger partial charge in [0, 0.05) is 35.4 Å². The lowest BCUT2D eigenvalue weighted by molar-refractivity contribution is -0.116. The normalized spacial score (nSPS) is 11.2. The first-order chi connectivity index (χ1) is 18.5. The maximum atomic E-state index is 13.3. The van der Waals surface area contributed by atoms with Crippen LogP contribution < -0.4 is 4.90 Å². The Morgan fingerprint density at radius 2 is 1.72 bits per heavy atom. The third-order valence-corrected chi connectivity index (χ3v) is 6.70. The van der Waals surface area contributed by atoms with Gasteiger partial charge in [0.2, 0.25) is 11.7 Å². The molecule has 11 heteroatoms. The second-order valence-electron chi connectivity index (χ2n) is 8.43. The van der Waals surface area contributed by atoms with Crippen LogP contribution in [0.15, 0.2) is 77.3 Å². The van der Waals surface area contributed by atoms with Gasteiger partial charge < -0.3 is 14.2 Å². The third-order valence-electron chi connectivity index (χ3n) is 5.80. The van der Waals surface area contributed by atoms with Crippen molar-refractivity contribution in [3.05, 3.63) is 94.8 Å². The lowest BCUT2D eigenvalue weighted by Gasteiger charge is -2.28. The minimum absolute atomic E-state index is 0.0961. The number of ketones is 1. The van der Waals surface area contributed by atoms with Gasteiger partial charge >= 0.3 is 5.97 Å². The van der Waals surface area contributed by atoms with Gasteiger partial charge in [-0.05, 0) is 48.5 Å². The van der Waals surface area contributed by atoms with Crippen LogP contribution in [0.3, 0.4) is 0 Å². The molecule has 1 aromatic heterocycles. The third kappa shape index (κ3) is 6.14. The molecule has 1 heterocycles. The van der Waals surface area contributed by atoms with Crippen molar-refractivity contribution in [1.29, 1.82) is 0 Å². The highest BCUT2D eigenvalue weighted by molar-refractivity contribution is 6.60. The Morgan fingerprint density at radius 3 is 2.38 bits per heavy atom. The van der Waals surface area contributed by atoms with Gasteiger partial charge in [-0.15, -0.1) is 0 Å². The summed E-state index contributed by atoms with van der Waals surface area (Å²) in [5, 5.41) is 4.35. The van der Waals surface area contributed by atoms with Gasteiger partial charge in [0.15, 0.2) is 10.1 Å². The quantitative estimate of drug-likeness (QED) is 0.125. The smallest absolute Gasteiger partial charge is 0.338 e. The summed E-state index contributed by atoms with van der Waals surface area (Å²) in [6.07, 6.45) is 0. The molecule has 0 atom stereocenters. The maximum absolute atomic E-state index is 13.3. The molecule has 0 radical (unpaired) electrons. The summed E-state index contributed by atoms with van der Waals surface area (Å²) in [4.78, 5) is 39.0. The monoisotopic (exact) mass is 588 g/mol. The van der Waals surface area contributed by atoms with Crippen molar-refractivity contribution in [2.24, 2.45) is 0 Å². The lowest BCUT2D eigenvalue weighted by Crippen LogP contribution is -2.43. The van der Waals surface area contributed by atoms with Crippen LogP contribution in [-0.4, -0.2) is 40.8 Å². The molecule has 39 heavy (non-hydrogen) atoms. The van der Waals surface area contributed by atoms with Crippen LogP contribution in [0.5, 0.6) is 0 Å². The van der Waals surface area contributed by atoms with Gasteiger partial charge in [0.25, 0.3) is 0 Å². The first-order valence-electron chi connectivity index (χ1n) is 11.4. The van der Waals surface area contributed by atoms with Crippen molar-refractivity contribution in [1.82, 2.24) is 5.16 Å². The van der Waals surface area contributed by atoms with E-state index in [1.807, 2.05) is 0 Å². The summed E-state index contributed by atoms with van der Waals surface area (Å²) in [6, 6.07) is 17.8. The summed E-state index contributed by atoms with van der Waals surface area (Å²) in [5.41, 5.74) is 1.87. The molecule has 0 aliphatic rings. The zero-order valence-corrected chi connectivity index (χ0v) is 22.9. The number of benzene rings is 3. The molecule has 0 fully saturated rings. The molecule has 0 spiro atoms. The van der Waals surface area contributed by atoms with E-state index in [1.54, 1.807) is 48.5 Å². The average molecular weight is 590 g/mol. The molecule has 0 aliphatic heterocycles. The standard InChI is InChI=1S/C28H20Cl3FN2O5/c1-16(35)34(15-28(30,31)26(36)17-9-11-19(32)12-10-17)20-6-3-5-18(13-20)24-14-23(33-39-24)25-21(27(37)38-2)7-4-8-22(25)29/h3-14H,15H2,1-2H3. The number of amides is 1. The van der Waals surface area contributed by atoms with Gasteiger partial charge in [0.05, 0.1) is 24.2 Å². The topological polar surface area (TPSA) is 89.7 Å². The number of carbonyl (C=O) groups excluding carboxylic acids is 3. The summed E-state index contributed by atoms with van der Waals surface area (Å²) in [5.74, 6) is -1.90. The predicted molar refractivity (Wildman–Crippen MR) is 147 cm³/mol. The number of methoxy groups -OCH3 is 1. The molecule has 0 bridgehead atoms. The highest BCUT2D eigenvalue weighted by Crippen LogP contribution is 2.35. The Balaban J connectivity index is 1.65. The largest absolute Gasteiger partial charge is 0.465 e. The van der Waals surface area contributed by atoms with Crippen LogP contribution in [0.1, 0.15) is 27.6 Å². The number of esters is 1. The van der Waals surface area contributed by atoms with Crippen LogP contribution in [-0.2, 0) is 9.53 Å². The summed E-state index contributed by atoms with van der Waals surface area (Å²) in [6.45, 7) is 0.923. The lowest BCUT2D eigenvalue weighted by atomic mass is 10.0. The van der Waals surface area contributed by atoms with E-state index in [9.17, 15) is 18.8 Å². The zero-order valence-electron chi connectivity index (χ0n) is 20.6. The Hall–Kier alpha value is -3.72. The fourth-order valence-electron chi connectivity index (χ4n) is 3.89. The molecule has 0 N–H and O–H groups in total. The van der Waals surface area contributed by atoms with Crippen LogP contribution in [0.4, 0.5) is 10.1 Å². The fraction of sp³-hybridized carbons (Fsp3) is 0.143. The number of anilines is 1. The van der Waals surface area contributed by atoms with E-state index < -0.39 is 27.8 Å². The van der Waals surface area contributed by atoms with Crippen LogP contribution in [0, 0.1) is 5.82 Å². The number of aromatic nitrogens is 1. The number of carbonyl (C=O) groups is 3. The van der Waals surface area contributed by atoms with Gasteiger partial charge in [0.1, 0.15) is 11.5 Å². The van der Waals surface area contributed by atoms with Crippen LogP contribution in [0.25, 0.3) is 22.6 Å². The molecule has 1 amide bonds. The predicted octanol–water partition coefficient (Wildman–Crippen LogP) is 7.00. The Morgan fingerprint density at radius 1 is 1.03 bits per heavy atom. The number of halogens is 4. The molecule has 7 nitrogen and oxygen atoms in total. The van der Waals surface area contributed by atoms with Crippen molar-refractivity contribution < 1.29 is 28.0 Å². The summed E-state index contributed by atoms with van der Waals surface area (Å²) < 4.78 is 21.6. The number of nitrogens with zero attached hydrogens (tertiary/aromatic N) is 2. The first kappa shape index (κ1) is 28.3. The number of Topliss-reactive ketones (excluding diaryl/α,β-unsaturated/α-hetero) is 1. The molecule has 4 aromatic rings. The second kappa shape index (κ2) is 11.6. The van der Waals surface area contributed by atoms with Crippen molar-refractivity contribution >= 4 is 58.1 Å². The maximum Gasteiger partial charge on any atom is 0.338 e. The SMILES string of the molecule is COC(=O)c1cccc(Cl)c1-c1cc(-c2cccc(N(CC(Cl)(Cl)C(=O)c3ccc(F)cc3)C(C)=O)c2)on1. The van der Waals surface area contributed by atoms with E-state index in [2.05, 4.69) is 5.16 Å². The number of hydrogen-bond acceptors (Lipinski definition) is 6. The summed E-state index contributed by atoms with van der Waals surface area (Å²) in [7, 11) is 1.26. The molecule has 4 rings (SSSR count). The Labute approximate surface area is 238 Å². The number of rotatable bonds is 8. The van der Waals surface area contributed by atoms with E-state index in [0.717, 1.165) is 12.1 Å². The molecular weight excluding hydrogens is 570 g/mol. The summed E-state index contributed by atoms with van der Waals surface area (Å²) >= 11 is 19.1. The average Bonchev–Trinajstić information content (AvgIpc) is 3.41. The number of ether oxygens (including phenoxy) is 1. The highest BCUT2D eigenvalue weighted by Gasteiger charge is 2.38. The zero-order chi connectivity index (χ0) is 28.3. The Kier molecular flexibility index (Phi) is 8.39. The number of hydrogen-bond donors (Lipinski definition) is 0. The molecular formula is C28H20Cl3FN2O5. The van der Waals surface area contributed by atoms with Gasteiger partial charge in [-0.1, -0.05) is 58.2 Å². The van der Waals surface area contributed by atoms with E-state index in [4.69, 9.17) is 44.1 Å². The van der Waals surface area contributed by atoms with E-state index in [-0.39, 0.29) is 22.7 Å². The van der Waals surface area contributed by atoms with E-state index in [1.165, 1.54) is 31.1 Å². The van der Waals surface area contributed by atoms with Crippen molar-refractivity contribution in [2.75, 3.05) is 18.6 Å². The van der Waals surface area contributed by atoms with Gasteiger partial charge in [-0.3, -0.25) is 9.59 Å². The Bertz CT molecular complexity index is 1550. The van der Waals surface area contributed by atoms with E-state index in [0.29, 0.717) is 28.3 Å². The van der Waals surface area contributed by atoms with Crippen molar-refractivity contribution in [3.8, 4) is 22.6 Å². The first-order valence-corrected chi connectivity index (χ1v) is 12.6. The molecule has 0 aliphatic carbocycles. The van der Waals surface area contributed by atoms with Crippen LogP contribution in [0.2, 0.25) is 5.02 Å².